The van der Waals surface area contributed by atoms with Crippen LogP contribution in [0.3, 0.4) is 0 Å². The summed E-state index contributed by atoms with van der Waals surface area (Å²) in [6, 6.07) is 46.9. The monoisotopic (exact) mass is 529 g/mol. The molecule has 1 nitrogen and oxygen atoms in total. The van der Waals surface area contributed by atoms with Gasteiger partial charge in [0.1, 0.15) is 0 Å². The third-order valence-corrected chi connectivity index (χ3v) is 9.42. The Morgan fingerprint density at radius 2 is 0.881 bits per heavy atom. The molecule has 192 valence electrons. The molecule has 1 aromatic heterocycles. The van der Waals surface area contributed by atoms with Crippen molar-refractivity contribution in [3.05, 3.63) is 140 Å². The smallest absolute Gasteiger partial charge is 0.0353 e. The lowest BCUT2D eigenvalue weighted by atomic mass is 9.83. The molecule has 0 unspecified atom stereocenters. The summed E-state index contributed by atoms with van der Waals surface area (Å²) in [7, 11) is 0. The minimum absolute atomic E-state index is 1.19. The summed E-state index contributed by atoms with van der Waals surface area (Å²) in [6.45, 7) is 0. The van der Waals surface area contributed by atoms with E-state index in [1.54, 1.807) is 0 Å². The second-order valence-corrected chi connectivity index (χ2v) is 11.4. The van der Waals surface area contributed by atoms with Gasteiger partial charge in [0.15, 0.2) is 0 Å². The molecule has 1 heteroatoms. The van der Waals surface area contributed by atoms with Gasteiger partial charge in [0.2, 0.25) is 0 Å². The number of pyridine rings is 1. The Morgan fingerprint density at radius 1 is 0.333 bits per heavy atom. The fourth-order valence-electron chi connectivity index (χ4n) is 7.83. The predicted molar refractivity (Wildman–Crippen MR) is 178 cm³/mol. The number of hydrogen-bond acceptors (Lipinski definition) is 1. The number of benzene rings is 8. The molecule has 0 saturated carbocycles. The van der Waals surface area contributed by atoms with Crippen LogP contribution in [0.4, 0.5) is 0 Å². The van der Waals surface area contributed by atoms with Crippen molar-refractivity contribution in [1.29, 1.82) is 0 Å². The summed E-state index contributed by atoms with van der Waals surface area (Å²) in [5.74, 6) is 0. The summed E-state index contributed by atoms with van der Waals surface area (Å²) in [5, 5.41) is 13.1. The zero-order chi connectivity index (χ0) is 27.4. The highest BCUT2D eigenvalue weighted by Gasteiger charge is 2.32. The predicted octanol–water partition coefficient (Wildman–Crippen LogP) is 11.3. The molecule has 9 aromatic rings. The van der Waals surface area contributed by atoms with Crippen molar-refractivity contribution in [1.82, 2.24) is 4.98 Å². The van der Waals surface area contributed by atoms with Crippen molar-refractivity contribution < 1.29 is 0 Å². The van der Waals surface area contributed by atoms with Crippen LogP contribution in [0.5, 0.6) is 0 Å². The Balaban J connectivity index is 1.48. The van der Waals surface area contributed by atoms with Crippen LogP contribution in [-0.2, 0) is 0 Å². The second kappa shape index (κ2) is 8.02. The molecular formula is C41H23N. The molecule has 42 heavy (non-hydrogen) atoms. The summed E-state index contributed by atoms with van der Waals surface area (Å²) < 4.78 is 0. The molecule has 0 radical (unpaired) electrons. The molecule has 0 aliphatic heterocycles. The quantitative estimate of drug-likeness (QED) is 0.160. The molecule has 0 N–H and O–H groups in total. The maximum Gasteiger partial charge on any atom is 0.0353 e. The highest BCUT2D eigenvalue weighted by atomic mass is 14.6. The summed E-state index contributed by atoms with van der Waals surface area (Å²) in [6.07, 6.45) is 4.00. The van der Waals surface area contributed by atoms with Gasteiger partial charge < -0.3 is 0 Å². The SMILES string of the molecule is c1ccc(-c2c3c(c(-c4ccccc4)c4cnccc24)-c2ccc4c5cccc6cccc(c7ccc-3c2c74)c65)cc1. The Hall–Kier alpha value is -5.53. The van der Waals surface area contributed by atoms with E-state index in [1.807, 2.05) is 6.20 Å². The molecule has 0 saturated heterocycles. The van der Waals surface area contributed by atoms with Gasteiger partial charge >= 0.3 is 0 Å². The van der Waals surface area contributed by atoms with Crippen LogP contribution in [0.15, 0.2) is 140 Å². The lowest BCUT2D eigenvalue weighted by molar-refractivity contribution is 1.36. The van der Waals surface area contributed by atoms with Crippen molar-refractivity contribution >= 4 is 53.9 Å². The minimum Gasteiger partial charge on any atom is -0.264 e. The standard InChI is InChI=1S/C41H23N/c1-3-9-25(10-4-1)36-31-21-22-42-23-34(31)37(26-11-5-2-6-12-26)41-33-20-18-30-28-16-8-14-24-13-7-15-27(35(24)28)29-17-19-32(40(36)41)39(33)38(29)30/h1-23H. The lowest BCUT2D eigenvalue weighted by Gasteiger charge is -2.20. The molecule has 1 aliphatic carbocycles. The van der Waals surface area contributed by atoms with Crippen LogP contribution in [0.25, 0.3) is 98.4 Å². The van der Waals surface area contributed by atoms with E-state index in [2.05, 4.69) is 139 Å². The average Bonchev–Trinajstić information content (AvgIpc) is 3.39. The third-order valence-electron chi connectivity index (χ3n) is 9.42. The Morgan fingerprint density at radius 3 is 1.48 bits per heavy atom. The number of aromatic nitrogens is 1. The van der Waals surface area contributed by atoms with E-state index in [4.69, 9.17) is 0 Å². The van der Waals surface area contributed by atoms with Crippen LogP contribution >= 0.6 is 0 Å². The first-order valence-electron chi connectivity index (χ1n) is 14.6. The molecule has 0 bridgehead atoms. The van der Waals surface area contributed by atoms with Gasteiger partial charge in [-0.05, 0) is 99.0 Å². The normalized spacial score (nSPS) is 12.3. The van der Waals surface area contributed by atoms with Gasteiger partial charge in [-0.2, -0.15) is 0 Å². The zero-order valence-corrected chi connectivity index (χ0v) is 22.7. The highest BCUT2D eigenvalue weighted by Crippen LogP contribution is 2.59. The van der Waals surface area contributed by atoms with Crippen LogP contribution in [0, 0.1) is 0 Å². The van der Waals surface area contributed by atoms with Crippen LogP contribution in [0.2, 0.25) is 0 Å². The van der Waals surface area contributed by atoms with Crippen molar-refractivity contribution in [3.63, 3.8) is 0 Å². The largest absolute Gasteiger partial charge is 0.264 e. The second-order valence-electron chi connectivity index (χ2n) is 11.4. The summed E-state index contributed by atoms with van der Waals surface area (Å²) in [4.78, 5) is 4.65. The fraction of sp³-hybridized carbons (Fsp3) is 0. The molecule has 0 spiro atoms. The first kappa shape index (κ1) is 22.2. The van der Waals surface area contributed by atoms with Crippen LogP contribution < -0.4 is 0 Å². The van der Waals surface area contributed by atoms with Gasteiger partial charge in [0, 0.05) is 17.8 Å². The van der Waals surface area contributed by atoms with E-state index in [0.29, 0.717) is 0 Å². The molecule has 10 rings (SSSR count). The van der Waals surface area contributed by atoms with Crippen molar-refractivity contribution in [3.8, 4) is 44.5 Å². The Kier molecular flexibility index (Phi) is 4.24. The van der Waals surface area contributed by atoms with Gasteiger partial charge in [-0.3, -0.25) is 4.98 Å². The summed E-state index contributed by atoms with van der Waals surface area (Å²) in [5.41, 5.74) is 10.3. The topological polar surface area (TPSA) is 12.9 Å². The van der Waals surface area contributed by atoms with E-state index < -0.39 is 0 Å². The van der Waals surface area contributed by atoms with E-state index in [-0.39, 0.29) is 0 Å². The first-order valence-corrected chi connectivity index (χ1v) is 14.6. The number of rotatable bonds is 2. The Labute approximate surface area is 242 Å². The number of hydrogen-bond donors (Lipinski definition) is 0. The van der Waals surface area contributed by atoms with Crippen molar-refractivity contribution in [2.45, 2.75) is 0 Å². The number of fused-ring (bicyclic) bond motifs is 6. The van der Waals surface area contributed by atoms with E-state index in [0.717, 1.165) is 0 Å². The highest BCUT2D eigenvalue weighted by molar-refractivity contribution is 6.39. The van der Waals surface area contributed by atoms with E-state index in [9.17, 15) is 0 Å². The van der Waals surface area contributed by atoms with Gasteiger partial charge in [-0.25, -0.2) is 0 Å². The molecular weight excluding hydrogens is 506 g/mol. The lowest BCUT2D eigenvalue weighted by Crippen LogP contribution is -1.94. The maximum atomic E-state index is 4.65. The third kappa shape index (κ3) is 2.71. The van der Waals surface area contributed by atoms with Gasteiger partial charge in [0.25, 0.3) is 0 Å². The van der Waals surface area contributed by atoms with Crippen LogP contribution in [-0.4, -0.2) is 4.98 Å². The van der Waals surface area contributed by atoms with Gasteiger partial charge in [-0.15, -0.1) is 0 Å². The van der Waals surface area contributed by atoms with Crippen molar-refractivity contribution in [2.24, 2.45) is 0 Å². The van der Waals surface area contributed by atoms with E-state index in [1.165, 1.54) is 98.4 Å². The molecule has 1 heterocycles. The fourth-order valence-corrected chi connectivity index (χ4v) is 7.83. The summed E-state index contributed by atoms with van der Waals surface area (Å²) >= 11 is 0. The molecule has 8 aromatic carbocycles. The van der Waals surface area contributed by atoms with Crippen molar-refractivity contribution in [2.75, 3.05) is 0 Å². The molecule has 0 amide bonds. The number of nitrogens with zero attached hydrogens (tertiary/aromatic N) is 1. The molecule has 0 atom stereocenters. The van der Waals surface area contributed by atoms with Gasteiger partial charge in [-0.1, -0.05) is 121 Å². The zero-order valence-electron chi connectivity index (χ0n) is 22.7. The maximum absolute atomic E-state index is 4.65. The van der Waals surface area contributed by atoms with Crippen LogP contribution in [0.1, 0.15) is 0 Å². The van der Waals surface area contributed by atoms with Gasteiger partial charge in [0.05, 0.1) is 0 Å². The minimum atomic E-state index is 1.19. The Bertz CT molecular complexity index is 2370. The molecule has 0 fully saturated rings. The first-order chi connectivity index (χ1) is 20.9. The average molecular weight is 530 g/mol. The molecule has 1 aliphatic rings. The van der Waals surface area contributed by atoms with E-state index >= 15 is 0 Å².